The summed E-state index contributed by atoms with van der Waals surface area (Å²) in [5, 5.41) is 11.3. The van der Waals surface area contributed by atoms with Crippen LogP contribution in [0, 0.1) is 0 Å². The molecule has 5 heteroatoms. The Morgan fingerprint density at radius 2 is 2.43 bits per heavy atom. The van der Waals surface area contributed by atoms with Crippen LogP contribution in [0.5, 0.6) is 0 Å². The molecule has 1 aliphatic rings. The number of nitrogens with zero attached hydrogens (tertiary/aromatic N) is 1. The highest BCUT2D eigenvalue weighted by atomic mass is 16.3. The summed E-state index contributed by atoms with van der Waals surface area (Å²) in [4.78, 5) is 24.2. The normalized spacial score (nSPS) is 20.7. The van der Waals surface area contributed by atoms with Gasteiger partial charge in [0.15, 0.2) is 0 Å². The minimum atomic E-state index is -0.381. The van der Waals surface area contributed by atoms with E-state index in [9.17, 15) is 9.59 Å². The minimum absolute atomic E-state index is 0.0414. The molecule has 1 aliphatic heterocycles. The molecular weight excluding hydrogens is 184 g/mol. The fourth-order valence-corrected chi connectivity index (χ4v) is 1.56. The molecule has 2 amide bonds. The molecule has 0 aromatic rings. The minimum Gasteiger partial charge on any atom is -0.395 e. The van der Waals surface area contributed by atoms with Gasteiger partial charge in [0.2, 0.25) is 11.8 Å². The number of aliphatic hydroxyl groups is 1. The van der Waals surface area contributed by atoms with Crippen molar-refractivity contribution in [2.24, 2.45) is 0 Å². The Labute approximate surface area is 83.1 Å². The summed E-state index contributed by atoms with van der Waals surface area (Å²) in [5.74, 6) is -0.157. The van der Waals surface area contributed by atoms with Gasteiger partial charge in [-0.25, -0.2) is 0 Å². The molecule has 2 N–H and O–H groups in total. The second kappa shape index (κ2) is 4.95. The van der Waals surface area contributed by atoms with E-state index >= 15 is 0 Å². The third-order valence-corrected chi connectivity index (χ3v) is 2.36. The molecule has 0 aromatic heterocycles. The Hall–Kier alpha value is -1.10. The lowest BCUT2D eigenvalue weighted by atomic mass is 10.2. The largest absolute Gasteiger partial charge is 0.395 e. The average molecular weight is 200 g/mol. The highest BCUT2D eigenvalue weighted by Gasteiger charge is 2.29. The second-order valence-electron chi connectivity index (χ2n) is 3.30. The van der Waals surface area contributed by atoms with Crippen molar-refractivity contribution in [3.8, 4) is 0 Å². The van der Waals surface area contributed by atoms with Gasteiger partial charge in [0.25, 0.3) is 0 Å². The molecule has 80 valence electrons. The average Bonchev–Trinajstić information content (AvgIpc) is 2.60. The zero-order valence-corrected chi connectivity index (χ0v) is 8.32. The zero-order valence-electron chi connectivity index (χ0n) is 8.32. The number of rotatable bonds is 4. The first-order chi connectivity index (χ1) is 6.69. The fraction of sp³-hybridized carbons (Fsp3) is 0.778. The number of hydrogen-bond donors (Lipinski definition) is 2. The fourth-order valence-electron chi connectivity index (χ4n) is 1.56. The second-order valence-corrected chi connectivity index (χ2v) is 3.30. The van der Waals surface area contributed by atoms with Crippen LogP contribution in [0.3, 0.4) is 0 Å². The molecule has 1 heterocycles. The van der Waals surface area contributed by atoms with Crippen LogP contribution >= 0.6 is 0 Å². The van der Waals surface area contributed by atoms with Crippen molar-refractivity contribution in [3.63, 3.8) is 0 Å². The zero-order chi connectivity index (χ0) is 10.6. The topological polar surface area (TPSA) is 69.6 Å². The lowest BCUT2D eigenvalue weighted by Gasteiger charge is -2.22. The summed E-state index contributed by atoms with van der Waals surface area (Å²) in [5.41, 5.74) is 0. The Morgan fingerprint density at radius 1 is 1.71 bits per heavy atom. The Kier molecular flexibility index (Phi) is 3.88. The van der Waals surface area contributed by atoms with E-state index in [-0.39, 0.29) is 24.5 Å². The van der Waals surface area contributed by atoms with E-state index in [1.165, 1.54) is 0 Å². The number of carbonyl (C=O) groups is 2. The van der Waals surface area contributed by atoms with E-state index in [2.05, 4.69) is 5.32 Å². The van der Waals surface area contributed by atoms with E-state index < -0.39 is 0 Å². The summed E-state index contributed by atoms with van der Waals surface area (Å²) < 4.78 is 0. The summed E-state index contributed by atoms with van der Waals surface area (Å²) in [6, 6.07) is -0.381. The molecule has 1 fully saturated rings. The molecule has 0 aliphatic carbocycles. The van der Waals surface area contributed by atoms with Crippen molar-refractivity contribution in [2.45, 2.75) is 25.8 Å². The highest BCUT2D eigenvalue weighted by Crippen LogP contribution is 2.09. The van der Waals surface area contributed by atoms with Gasteiger partial charge in [-0.3, -0.25) is 9.59 Å². The van der Waals surface area contributed by atoms with Gasteiger partial charge < -0.3 is 15.3 Å². The Bertz CT molecular complexity index is 230. The van der Waals surface area contributed by atoms with Gasteiger partial charge in [-0.2, -0.15) is 0 Å². The van der Waals surface area contributed by atoms with E-state index in [0.717, 1.165) is 0 Å². The van der Waals surface area contributed by atoms with Crippen LogP contribution in [0.2, 0.25) is 0 Å². The van der Waals surface area contributed by atoms with Gasteiger partial charge in [0.05, 0.1) is 6.61 Å². The SMILES string of the molecule is CCN(CCO)C(=O)[C@@H]1CCC(=O)N1. The van der Waals surface area contributed by atoms with Gasteiger partial charge in [0.1, 0.15) is 6.04 Å². The van der Waals surface area contributed by atoms with E-state index in [4.69, 9.17) is 5.11 Å². The molecule has 0 saturated carbocycles. The predicted molar refractivity (Wildman–Crippen MR) is 50.5 cm³/mol. The maximum atomic E-state index is 11.7. The van der Waals surface area contributed by atoms with Gasteiger partial charge in [-0.15, -0.1) is 0 Å². The number of nitrogens with one attached hydrogen (secondary N) is 1. The number of hydrogen-bond acceptors (Lipinski definition) is 3. The monoisotopic (exact) mass is 200 g/mol. The summed E-state index contributed by atoms with van der Waals surface area (Å²) in [6.45, 7) is 2.71. The smallest absolute Gasteiger partial charge is 0.245 e. The van der Waals surface area contributed by atoms with Crippen molar-refractivity contribution < 1.29 is 14.7 Å². The molecule has 1 saturated heterocycles. The van der Waals surface area contributed by atoms with Gasteiger partial charge >= 0.3 is 0 Å². The lowest BCUT2D eigenvalue weighted by molar-refractivity contribution is -0.134. The first kappa shape index (κ1) is 11.0. The first-order valence-electron chi connectivity index (χ1n) is 4.88. The maximum absolute atomic E-state index is 11.7. The van der Waals surface area contributed by atoms with Crippen LogP contribution in [0.15, 0.2) is 0 Å². The molecule has 0 spiro atoms. The van der Waals surface area contributed by atoms with E-state index in [1.807, 2.05) is 6.92 Å². The van der Waals surface area contributed by atoms with Crippen LogP contribution in [0.25, 0.3) is 0 Å². The van der Waals surface area contributed by atoms with Crippen LogP contribution in [0.4, 0.5) is 0 Å². The van der Waals surface area contributed by atoms with Crippen LogP contribution in [-0.4, -0.2) is 47.6 Å². The summed E-state index contributed by atoms with van der Waals surface area (Å²) in [7, 11) is 0. The molecule has 14 heavy (non-hydrogen) atoms. The lowest BCUT2D eigenvalue weighted by Crippen LogP contribution is -2.45. The molecule has 0 radical (unpaired) electrons. The number of likely N-dealkylation sites (N-methyl/N-ethyl adjacent to an activating group) is 1. The first-order valence-corrected chi connectivity index (χ1v) is 4.88. The van der Waals surface area contributed by atoms with Crippen LogP contribution in [-0.2, 0) is 9.59 Å². The molecule has 0 bridgehead atoms. The molecule has 0 aromatic carbocycles. The van der Waals surface area contributed by atoms with Gasteiger partial charge in [-0.05, 0) is 13.3 Å². The van der Waals surface area contributed by atoms with Crippen LogP contribution < -0.4 is 5.32 Å². The maximum Gasteiger partial charge on any atom is 0.245 e. The van der Waals surface area contributed by atoms with E-state index in [0.29, 0.717) is 25.9 Å². The Morgan fingerprint density at radius 3 is 2.86 bits per heavy atom. The molecule has 5 nitrogen and oxygen atoms in total. The van der Waals surface area contributed by atoms with E-state index in [1.54, 1.807) is 4.90 Å². The third-order valence-electron chi connectivity index (χ3n) is 2.36. The van der Waals surface area contributed by atoms with Crippen LogP contribution in [0.1, 0.15) is 19.8 Å². The molecule has 1 atom stereocenters. The quantitative estimate of drug-likeness (QED) is 0.618. The standard InChI is InChI=1S/C9H16N2O3/c1-2-11(5-6-12)9(14)7-3-4-8(13)10-7/h7,12H,2-6H2,1H3,(H,10,13)/t7-/m0/s1. The number of carbonyl (C=O) groups excluding carboxylic acids is 2. The number of aliphatic hydroxyl groups excluding tert-OH is 1. The molecular formula is C9H16N2O3. The Balaban J connectivity index is 2.49. The van der Waals surface area contributed by atoms with Gasteiger partial charge in [-0.1, -0.05) is 0 Å². The molecule has 0 unspecified atom stereocenters. The van der Waals surface area contributed by atoms with Crippen molar-refractivity contribution in [2.75, 3.05) is 19.7 Å². The molecule has 1 rings (SSSR count). The van der Waals surface area contributed by atoms with Crippen molar-refractivity contribution in [3.05, 3.63) is 0 Å². The highest BCUT2D eigenvalue weighted by molar-refractivity contribution is 5.90. The van der Waals surface area contributed by atoms with Crippen molar-refractivity contribution in [1.82, 2.24) is 10.2 Å². The van der Waals surface area contributed by atoms with Crippen molar-refractivity contribution >= 4 is 11.8 Å². The summed E-state index contributed by atoms with van der Waals surface area (Å²) >= 11 is 0. The summed E-state index contributed by atoms with van der Waals surface area (Å²) in [6.07, 6.45) is 0.993. The van der Waals surface area contributed by atoms with Gasteiger partial charge in [0, 0.05) is 19.5 Å². The van der Waals surface area contributed by atoms with Crippen molar-refractivity contribution in [1.29, 1.82) is 0 Å². The number of amides is 2. The predicted octanol–water partition coefficient (Wildman–Crippen LogP) is -0.894. The third kappa shape index (κ3) is 2.45.